The Hall–Kier alpha value is -2.03. The fraction of sp³-hybridized carbons (Fsp3) is 0.724. The number of likely N-dealkylation sites (tertiary alicyclic amines) is 1. The molecular weight excluding hydrogens is 836 g/mol. The molecule has 50 heavy (non-hydrogen) atoms. The van der Waals surface area contributed by atoms with Gasteiger partial charge in [0.15, 0.2) is 0 Å². The summed E-state index contributed by atoms with van der Waals surface area (Å²) in [4.78, 5) is 32.8. The number of rotatable bonds is 15. The Labute approximate surface area is 278 Å². The summed E-state index contributed by atoms with van der Waals surface area (Å²) in [7, 11) is 0. The normalized spacial score (nSPS) is 20.2. The molecule has 1 aliphatic rings. The molecule has 2 rings (SSSR count). The zero-order valence-corrected chi connectivity index (χ0v) is 29.6. The topological polar surface area (TPSA) is 37.4 Å². The van der Waals surface area contributed by atoms with E-state index in [-0.39, 0.29) is 12.3 Å². The average molecular weight is 868 g/mol. The summed E-state index contributed by atoms with van der Waals surface area (Å²) >= 11 is -2.38. The van der Waals surface area contributed by atoms with E-state index in [1.807, 2.05) is 24.3 Å². The van der Waals surface area contributed by atoms with Crippen LogP contribution in [0.1, 0.15) is 51.0 Å². The van der Waals surface area contributed by atoms with Gasteiger partial charge >= 0.3 is 198 Å². The fourth-order valence-corrected chi connectivity index (χ4v) is 8.59. The number of unbranched alkanes of at least 4 members (excludes halogenated alkanes) is 1. The van der Waals surface area contributed by atoms with E-state index in [1.165, 1.54) is 10.5 Å². The molecule has 1 aliphatic heterocycles. The second-order valence-electron chi connectivity index (χ2n) is 13.3. The summed E-state index contributed by atoms with van der Waals surface area (Å²) in [6, 6.07) is 7.66. The van der Waals surface area contributed by atoms with Crippen molar-refractivity contribution in [2.75, 3.05) is 6.54 Å². The van der Waals surface area contributed by atoms with Gasteiger partial charge in [-0.1, -0.05) is 0 Å². The van der Waals surface area contributed by atoms with Crippen LogP contribution in [0.3, 0.4) is 0 Å². The standard InChI is InChI=1S/C26H23F17NO2.3CH3.Sn/c1-13(15-8-4-3-5-9-15)12-16-14(2)17(45)44(18(16)46)11-7-6-10-19(27,28)20(29,30)21(31,32)22(33,34)23(35,36)24(37,38)25(39,40)26(41,42)43;;;;/h4-5,8-9,13-14,16H,6-7,10-12H2,1-2H3;3*1H3;. The van der Waals surface area contributed by atoms with Crippen molar-refractivity contribution in [1.82, 2.24) is 4.90 Å². The molecule has 1 heterocycles. The van der Waals surface area contributed by atoms with Crippen molar-refractivity contribution in [2.24, 2.45) is 11.8 Å². The first-order valence-electron chi connectivity index (χ1n) is 14.7. The molecular formula is C29H32F17NO2Sn. The molecule has 3 nitrogen and oxygen atoms in total. The maximum atomic E-state index is 14.2. The van der Waals surface area contributed by atoms with Crippen LogP contribution in [0.2, 0.25) is 14.8 Å². The van der Waals surface area contributed by atoms with Crippen LogP contribution in [0.5, 0.6) is 0 Å². The van der Waals surface area contributed by atoms with E-state index in [1.54, 1.807) is 6.92 Å². The minimum atomic E-state index is -8.68. The minimum absolute atomic E-state index is 0.132. The van der Waals surface area contributed by atoms with Gasteiger partial charge in [0.05, 0.1) is 0 Å². The van der Waals surface area contributed by atoms with Crippen LogP contribution in [0.4, 0.5) is 74.6 Å². The van der Waals surface area contributed by atoms with Crippen molar-refractivity contribution in [3.8, 4) is 0 Å². The molecule has 0 aliphatic carbocycles. The molecule has 0 spiro atoms. The van der Waals surface area contributed by atoms with E-state index in [2.05, 4.69) is 14.8 Å². The van der Waals surface area contributed by atoms with Gasteiger partial charge < -0.3 is 0 Å². The third-order valence-corrected chi connectivity index (χ3v) is 14.6. The summed E-state index contributed by atoms with van der Waals surface area (Å²) in [5.74, 6) is -60.5. The van der Waals surface area contributed by atoms with Crippen LogP contribution in [0.15, 0.2) is 24.3 Å². The van der Waals surface area contributed by atoms with Gasteiger partial charge in [0.2, 0.25) is 0 Å². The number of nitrogens with zero attached hydrogens (tertiary/aromatic N) is 1. The molecule has 0 saturated carbocycles. The van der Waals surface area contributed by atoms with Crippen molar-refractivity contribution in [3.05, 3.63) is 29.8 Å². The second kappa shape index (κ2) is 13.7. The van der Waals surface area contributed by atoms with Crippen molar-refractivity contribution in [1.29, 1.82) is 0 Å². The molecule has 1 aromatic carbocycles. The summed E-state index contributed by atoms with van der Waals surface area (Å²) < 4.78 is 230. The third kappa shape index (κ3) is 7.28. The third-order valence-electron chi connectivity index (χ3n) is 8.71. The van der Waals surface area contributed by atoms with Gasteiger partial charge in [0, 0.05) is 6.42 Å². The van der Waals surface area contributed by atoms with Gasteiger partial charge in [0.25, 0.3) is 0 Å². The molecule has 1 saturated heterocycles. The average Bonchev–Trinajstić information content (AvgIpc) is 3.16. The summed E-state index contributed by atoms with van der Waals surface area (Å²) in [5.41, 5.74) is 0.830. The van der Waals surface area contributed by atoms with Gasteiger partial charge in [-0.25, -0.2) is 0 Å². The van der Waals surface area contributed by atoms with Crippen LogP contribution in [-0.2, 0) is 9.59 Å². The molecule has 1 aromatic rings. The number of hydrogen-bond acceptors (Lipinski definition) is 2. The van der Waals surface area contributed by atoms with Gasteiger partial charge in [-0.3, -0.25) is 0 Å². The van der Waals surface area contributed by atoms with E-state index in [4.69, 9.17) is 0 Å². The zero-order chi connectivity index (χ0) is 39.5. The number of amides is 2. The first-order valence-corrected chi connectivity index (χ1v) is 24.7. The van der Waals surface area contributed by atoms with Crippen LogP contribution in [0, 0.1) is 11.8 Å². The maximum absolute atomic E-state index is 14.2. The quantitative estimate of drug-likeness (QED) is 0.0763. The predicted molar refractivity (Wildman–Crippen MR) is 146 cm³/mol. The molecule has 2 amide bonds. The number of halogens is 17. The Kier molecular flexibility index (Phi) is 12.1. The molecule has 0 radical (unpaired) electrons. The van der Waals surface area contributed by atoms with Crippen LogP contribution in [0.25, 0.3) is 0 Å². The predicted octanol–water partition coefficient (Wildman–Crippen LogP) is 9.53. The number of benzene rings is 1. The van der Waals surface area contributed by atoms with Gasteiger partial charge in [-0.2, -0.15) is 74.6 Å². The Morgan fingerprint density at radius 1 is 0.640 bits per heavy atom. The van der Waals surface area contributed by atoms with Gasteiger partial charge in [0.1, 0.15) is 0 Å². The summed E-state index contributed by atoms with van der Waals surface area (Å²) in [6.45, 7) is 2.35. The number of alkyl halides is 17. The van der Waals surface area contributed by atoms with E-state index >= 15 is 0 Å². The van der Waals surface area contributed by atoms with Crippen molar-refractivity contribution in [3.63, 3.8) is 0 Å². The van der Waals surface area contributed by atoms with Crippen LogP contribution < -0.4 is 3.58 Å². The monoisotopic (exact) mass is 869 g/mol. The number of carbonyl (C=O) groups is 2. The summed E-state index contributed by atoms with van der Waals surface area (Å²) in [5, 5.41) is 0. The van der Waals surface area contributed by atoms with E-state index in [9.17, 15) is 84.2 Å². The SMILES string of the molecule is CC(CC1C(=O)N(CCCCC(F)(F)C(F)(F)C(F)(F)C(F)(F)C(F)(F)C(F)(F)C(F)(F)C(F)(F)F)C(=O)C1C)c1cc[c]([Sn]([CH3])([CH3])[CH3])cc1. The molecule has 3 atom stereocenters. The van der Waals surface area contributed by atoms with Crippen LogP contribution >= 0.6 is 0 Å². The van der Waals surface area contributed by atoms with Crippen molar-refractivity contribution < 1.29 is 84.2 Å². The Morgan fingerprint density at radius 3 is 1.48 bits per heavy atom. The first-order chi connectivity index (χ1) is 22.1. The number of hydrogen-bond donors (Lipinski definition) is 0. The number of imide groups is 1. The van der Waals surface area contributed by atoms with Crippen molar-refractivity contribution in [2.45, 2.75) is 108 Å². The fourth-order valence-electron chi connectivity index (χ4n) is 5.26. The van der Waals surface area contributed by atoms with Crippen LogP contribution in [-0.4, -0.2) is 89.3 Å². The first kappa shape index (κ1) is 44.1. The molecule has 288 valence electrons. The molecule has 0 aromatic heterocycles. The molecule has 3 unspecified atom stereocenters. The number of carbonyl (C=O) groups excluding carboxylic acids is 2. The Balaban J connectivity index is 2.16. The van der Waals surface area contributed by atoms with E-state index in [0.29, 0.717) is 4.90 Å². The van der Waals surface area contributed by atoms with Gasteiger partial charge in [-0.15, -0.1) is 0 Å². The molecule has 21 heteroatoms. The Bertz CT molecular complexity index is 1390. The molecule has 1 fully saturated rings. The van der Waals surface area contributed by atoms with Gasteiger partial charge in [-0.05, 0) is 0 Å². The van der Waals surface area contributed by atoms with E-state index in [0.717, 1.165) is 5.56 Å². The van der Waals surface area contributed by atoms with E-state index < -0.39 is 115 Å². The van der Waals surface area contributed by atoms with Crippen molar-refractivity contribution >= 4 is 33.8 Å². The Morgan fingerprint density at radius 2 is 1.06 bits per heavy atom. The second-order valence-corrected chi connectivity index (χ2v) is 27.8. The zero-order valence-electron chi connectivity index (χ0n) is 26.8. The molecule has 0 bridgehead atoms. The molecule has 0 N–H and O–H groups in total. The summed E-state index contributed by atoms with van der Waals surface area (Å²) in [6.07, 6.45) is -12.6.